The van der Waals surface area contributed by atoms with Crippen molar-refractivity contribution in [2.75, 3.05) is 0 Å². The van der Waals surface area contributed by atoms with Crippen LogP contribution >= 0.6 is 11.3 Å². The van der Waals surface area contributed by atoms with E-state index in [9.17, 15) is 0 Å². The first-order valence-corrected chi connectivity index (χ1v) is 12.5. The number of benzene rings is 4. The summed E-state index contributed by atoms with van der Waals surface area (Å²) in [6, 6.07) is 33.0. The third-order valence-corrected chi connectivity index (χ3v) is 8.70. The molecule has 0 bridgehead atoms. The molecule has 0 saturated carbocycles. The smallest absolute Gasteiger partial charge is 0.161 e. The Hall–Kier alpha value is -3.82. The molecule has 7 aromatic rings. The van der Waals surface area contributed by atoms with E-state index in [0.717, 1.165) is 16.7 Å². The Morgan fingerprint density at radius 2 is 1.47 bits per heavy atom. The molecule has 8 rings (SSSR count). The average Bonchev–Trinajstić information content (AvgIpc) is 3.56. The van der Waals surface area contributed by atoms with Crippen LogP contribution in [0.1, 0.15) is 25.2 Å². The quantitative estimate of drug-likeness (QED) is 0.241. The van der Waals surface area contributed by atoms with Gasteiger partial charge in [0, 0.05) is 42.2 Å². The van der Waals surface area contributed by atoms with E-state index in [4.69, 9.17) is 4.42 Å². The summed E-state index contributed by atoms with van der Waals surface area (Å²) in [4.78, 5) is 0. The summed E-state index contributed by atoms with van der Waals surface area (Å²) in [6.45, 7) is 4.55. The molecule has 2 nitrogen and oxygen atoms in total. The Labute approximate surface area is 200 Å². The van der Waals surface area contributed by atoms with E-state index in [1.54, 1.807) is 0 Å². The van der Waals surface area contributed by atoms with Gasteiger partial charge in [0.05, 0.1) is 5.52 Å². The number of furan rings is 1. The van der Waals surface area contributed by atoms with Crippen molar-refractivity contribution >= 4 is 53.5 Å². The predicted molar refractivity (Wildman–Crippen MR) is 143 cm³/mol. The van der Waals surface area contributed by atoms with Gasteiger partial charge in [0.1, 0.15) is 11.3 Å². The first kappa shape index (κ1) is 18.6. The average molecular weight is 456 g/mol. The van der Waals surface area contributed by atoms with E-state index in [1.165, 1.54) is 53.6 Å². The molecule has 0 spiro atoms. The zero-order valence-corrected chi connectivity index (χ0v) is 19.7. The second-order valence-electron chi connectivity index (χ2n) is 9.79. The molecular formula is C31H21NOS. The molecule has 0 N–H and O–H groups in total. The van der Waals surface area contributed by atoms with Gasteiger partial charge in [0.25, 0.3) is 0 Å². The lowest BCUT2D eigenvalue weighted by Gasteiger charge is -2.18. The van der Waals surface area contributed by atoms with Crippen LogP contribution in [0, 0.1) is 0 Å². The van der Waals surface area contributed by atoms with E-state index in [0.29, 0.717) is 0 Å². The second kappa shape index (κ2) is 6.19. The lowest BCUT2D eigenvalue weighted by molar-refractivity contribution is 0.466. The third kappa shape index (κ3) is 2.16. The highest BCUT2D eigenvalue weighted by molar-refractivity contribution is 7.25. The third-order valence-electron chi connectivity index (χ3n) is 7.55. The predicted octanol–water partition coefficient (Wildman–Crippen LogP) is 9.05. The summed E-state index contributed by atoms with van der Waals surface area (Å²) in [5, 5.41) is 3.79. The number of hydrogen-bond donors (Lipinski definition) is 0. The molecule has 34 heavy (non-hydrogen) atoms. The van der Waals surface area contributed by atoms with Crippen molar-refractivity contribution in [3.8, 4) is 16.8 Å². The Morgan fingerprint density at radius 1 is 0.735 bits per heavy atom. The molecule has 1 aliphatic carbocycles. The normalized spacial score (nSPS) is 14.4. The minimum absolute atomic E-state index is 0.162. The standard InChI is InChI=1S/C31H21NOS/c1-31(2)23-12-6-3-10-20(23)27-28-29(33-30(27)31)21-11-4-7-13-24(21)32(28)18-15-16-26-22(17-18)19-9-5-8-14-25(19)34-26/h3-17H,1-2H3. The number of para-hydroxylation sites is 1. The summed E-state index contributed by atoms with van der Waals surface area (Å²) in [6.07, 6.45) is 0. The number of fused-ring (bicyclic) bond motifs is 10. The van der Waals surface area contributed by atoms with Gasteiger partial charge in [-0.15, -0.1) is 11.3 Å². The number of aromatic nitrogens is 1. The minimum atomic E-state index is -0.162. The zero-order valence-electron chi connectivity index (χ0n) is 18.9. The monoisotopic (exact) mass is 455 g/mol. The van der Waals surface area contributed by atoms with Gasteiger partial charge in [-0.25, -0.2) is 0 Å². The SMILES string of the molecule is CC1(C)c2ccccc2-c2c1oc1c3ccccc3n(-c3ccc4sc5ccccc5c4c3)c21. The fourth-order valence-electron chi connectivity index (χ4n) is 5.98. The van der Waals surface area contributed by atoms with Crippen molar-refractivity contribution in [1.29, 1.82) is 0 Å². The van der Waals surface area contributed by atoms with Crippen molar-refractivity contribution in [3.05, 3.63) is 102 Å². The lowest BCUT2D eigenvalue weighted by atomic mass is 9.86. The fraction of sp³-hybridized carbons (Fsp3) is 0.0968. The van der Waals surface area contributed by atoms with E-state index in [1.807, 2.05) is 11.3 Å². The molecule has 0 saturated heterocycles. The molecular weight excluding hydrogens is 434 g/mol. The molecule has 0 unspecified atom stereocenters. The van der Waals surface area contributed by atoms with Crippen molar-refractivity contribution < 1.29 is 4.42 Å². The van der Waals surface area contributed by atoms with Crippen molar-refractivity contribution in [1.82, 2.24) is 4.57 Å². The molecule has 0 aliphatic heterocycles. The topological polar surface area (TPSA) is 18.1 Å². The van der Waals surface area contributed by atoms with Crippen LogP contribution in [0.15, 0.2) is 95.4 Å². The fourth-order valence-corrected chi connectivity index (χ4v) is 7.07. The summed E-state index contributed by atoms with van der Waals surface area (Å²) < 4.78 is 11.8. The van der Waals surface area contributed by atoms with E-state index in [2.05, 4.69) is 109 Å². The van der Waals surface area contributed by atoms with Crippen molar-refractivity contribution in [3.63, 3.8) is 0 Å². The molecule has 1 aliphatic rings. The van der Waals surface area contributed by atoms with Crippen LogP contribution in [-0.2, 0) is 5.41 Å². The van der Waals surface area contributed by atoms with Crippen molar-refractivity contribution in [2.45, 2.75) is 19.3 Å². The van der Waals surface area contributed by atoms with Crippen LogP contribution in [0.25, 0.3) is 59.0 Å². The highest BCUT2D eigenvalue weighted by atomic mass is 32.1. The summed E-state index contributed by atoms with van der Waals surface area (Å²) in [5.41, 5.74) is 8.21. The maximum absolute atomic E-state index is 6.75. The van der Waals surface area contributed by atoms with Crippen LogP contribution in [0.5, 0.6) is 0 Å². The van der Waals surface area contributed by atoms with Gasteiger partial charge >= 0.3 is 0 Å². The molecule has 3 heteroatoms. The maximum Gasteiger partial charge on any atom is 0.161 e. The number of rotatable bonds is 1. The maximum atomic E-state index is 6.75. The lowest BCUT2D eigenvalue weighted by Crippen LogP contribution is -2.14. The van der Waals surface area contributed by atoms with Crippen molar-refractivity contribution in [2.24, 2.45) is 0 Å². The van der Waals surface area contributed by atoms with Gasteiger partial charge in [-0.3, -0.25) is 0 Å². The Morgan fingerprint density at radius 3 is 2.38 bits per heavy atom. The van der Waals surface area contributed by atoms with Crippen LogP contribution in [0.2, 0.25) is 0 Å². The second-order valence-corrected chi connectivity index (χ2v) is 10.9. The number of thiophene rings is 1. The summed E-state index contributed by atoms with van der Waals surface area (Å²) in [7, 11) is 0. The highest BCUT2D eigenvalue weighted by Gasteiger charge is 2.42. The molecule has 4 aromatic carbocycles. The molecule has 162 valence electrons. The number of nitrogens with zero attached hydrogens (tertiary/aromatic N) is 1. The Bertz CT molecular complexity index is 1950. The minimum Gasteiger partial charge on any atom is -0.457 e. The molecule has 0 amide bonds. The summed E-state index contributed by atoms with van der Waals surface area (Å²) >= 11 is 1.86. The molecule has 3 aromatic heterocycles. The molecule has 3 heterocycles. The van der Waals surface area contributed by atoms with Gasteiger partial charge in [-0.1, -0.05) is 54.6 Å². The van der Waals surface area contributed by atoms with E-state index in [-0.39, 0.29) is 5.41 Å². The zero-order chi connectivity index (χ0) is 22.6. The van der Waals surface area contributed by atoms with Crippen LogP contribution < -0.4 is 0 Å². The largest absolute Gasteiger partial charge is 0.457 e. The van der Waals surface area contributed by atoms with Crippen LogP contribution in [-0.4, -0.2) is 4.57 Å². The van der Waals surface area contributed by atoms with Crippen LogP contribution in [0.3, 0.4) is 0 Å². The molecule has 0 fully saturated rings. The van der Waals surface area contributed by atoms with E-state index < -0.39 is 0 Å². The van der Waals surface area contributed by atoms with E-state index >= 15 is 0 Å². The number of hydrogen-bond acceptors (Lipinski definition) is 2. The molecule has 0 radical (unpaired) electrons. The Kier molecular flexibility index (Phi) is 3.38. The first-order chi connectivity index (χ1) is 16.6. The first-order valence-electron chi connectivity index (χ1n) is 11.7. The molecule has 0 atom stereocenters. The Balaban J connectivity index is 1.54. The van der Waals surface area contributed by atoms with Gasteiger partial charge < -0.3 is 8.98 Å². The van der Waals surface area contributed by atoms with Gasteiger partial charge in [0.2, 0.25) is 0 Å². The van der Waals surface area contributed by atoms with Gasteiger partial charge in [-0.05, 0) is 61.4 Å². The van der Waals surface area contributed by atoms with Gasteiger partial charge in [-0.2, -0.15) is 0 Å². The highest BCUT2D eigenvalue weighted by Crippen LogP contribution is 2.54. The van der Waals surface area contributed by atoms with Crippen LogP contribution in [0.4, 0.5) is 0 Å². The summed E-state index contributed by atoms with van der Waals surface area (Å²) in [5.74, 6) is 1.07. The van der Waals surface area contributed by atoms with Gasteiger partial charge in [0.15, 0.2) is 5.58 Å².